The van der Waals surface area contributed by atoms with E-state index in [9.17, 15) is 15.0 Å². The molecular weight excluding hydrogens is 262 g/mol. The predicted molar refractivity (Wildman–Crippen MR) is 79.3 cm³/mol. The van der Waals surface area contributed by atoms with Gasteiger partial charge in [-0.15, -0.1) is 0 Å². The van der Waals surface area contributed by atoms with E-state index in [-0.39, 0.29) is 6.04 Å². The first kappa shape index (κ1) is 16.8. The molecule has 0 aromatic carbocycles. The quantitative estimate of drug-likeness (QED) is 0.535. The number of rotatable bonds is 10. The minimum atomic E-state index is -1.25. The smallest absolute Gasteiger partial charge is 0.251 e. The summed E-state index contributed by atoms with van der Waals surface area (Å²) in [7, 11) is 0. The molecule has 4 nitrogen and oxygen atoms in total. The SMILES string of the molecule is CCCCCCCCCSC[C@H]1NC(=O)[C@H](O)[C@@H]1O. The molecule has 1 saturated heterocycles. The van der Waals surface area contributed by atoms with Crippen LogP contribution in [0.2, 0.25) is 0 Å². The molecule has 1 amide bonds. The van der Waals surface area contributed by atoms with Crippen molar-refractivity contribution < 1.29 is 15.0 Å². The Morgan fingerprint density at radius 3 is 2.32 bits per heavy atom. The van der Waals surface area contributed by atoms with Gasteiger partial charge in [0.2, 0.25) is 0 Å². The number of amides is 1. The van der Waals surface area contributed by atoms with E-state index in [1.807, 2.05) is 0 Å². The number of hydrogen-bond acceptors (Lipinski definition) is 4. The molecule has 0 aromatic rings. The van der Waals surface area contributed by atoms with Crippen LogP contribution in [0, 0.1) is 0 Å². The Morgan fingerprint density at radius 2 is 1.74 bits per heavy atom. The Kier molecular flexibility index (Phi) is 8.50. The lowest BCUT2D eigenvalue weighted by atomic mass is 10.1. The van der Waals surface area contributed by atoms with Crippen molar-refractivity contribution in [1.29, 1.82) is 0 Å². The molecule has 0 aliphatic carbocycles. The van der Waals surface area contributed by atoms with E-state index in [1.54, 1.807) is 11.8 Å². The third kappa shape index (κ3) is 6.15. The number of aliphatic hydroxyl groups is 2. The van der Waals surface area contributed by atoms with Crippen LogP contribution in [0.15, 0.2) is 0 Å². The fraction of sp³-hybridized carbons (Fsp3) is 0.929. The minimum Gasteiger partial charge on any atom is -0.388 e. The molecule has 0 spiro atoms. The summed E-state index contributed by atoms with van der Waals surface area (Å²) in [6.07, 6.45) is 6.88. The Labute approximate surface area is 120 Å². The van der Waals surface area contributed by atoms with Crippen LogP contribution in [-0.2, 0) is 4.79 Å². The molecule has 0 unspecified atom stereocenters. The van der Waals surface area contributed by atoms with E-state index < -0.39 is 18.1 Å². The van der Waals surface area contributed by atoms with Crippen LogP contribution in [0.5, 0.6) is 0 Å². The maximum absolute atomic E-state index is 11.1. The zero-order valence-corrected chi connectivity index (χ0v) is 12.6. The molecule has 0 saturated carbocycles. The van der Waals surface area contributed by atoms with Gasteiger partial charge in [0.25, 0.3) is 5.91 Å². The van der Waals surface area contributed by atoms with Gasteiger partial charge in [-0.05, 0) is 12.2 Å². The highest BCUT2D eigenvalue weighted by Crippen LogP contribution is 2.16. The summed E-state index contributed by atoms with van der Waals surface area (Å²) >= 11 is 1.74. The standard InChI is InChI=1S/C14H27NO3S/c1-2-3-4-5-6-7-8-9-19-10-11-12(16)13(17)14(18)15-11/h11-13,16-17H,2-10H2,1H3,(H,15,18)/t11-,12-,13-/m1/s1. The molecule has 1 heterocycles. The Balaban J connectivity index is 1.93. The Morgan fingerprint density at radius 1 is 1.11 bits per heavy atom. The molecule has 112 valence electrons. The van der Waals surface area contributed by atoms with Gasteiger partial charge in [-0.2, -0.15) is 11.8 Å². The van der Waals surface area contributed by atoms with Crippen molar-refractivity contribution in [2.75, 3.05) is 11.5 Å². The number of unbranched alkanes of at least 4 members (excludes halogenated alkanes) is 6. The first-order valence-electron chi connectivity index (χ1n) is 7.41. The molecule has 1 aliphatic rings. The molecule has 1 fully saturated rings. The summed E-state index contributed by atoms with van der Waals surface area (Å²) in [5.74, 6) is 1.29. The van der Waals surface area contributed by atoms with Crippen LogP contribution >= 0.6 is 11.8 Å². The molecule has 3 N–H and O–H groups in total. The van der Waals surface area contributed by atoms with Crippen LogP contribution in [-0.4, -0.2) is 45.9 Å². The summed E-state index contributed by atoms with van der Waals surface area (Å²) in [5, 5.41) is 21.5. The van der Waals surface area contributed by atoms with Crippen molar-refractivity contribution in [2.24, 2.45) is 0 Å². The fourth-order valence-electron chi connectivity index (χ4n) is 2.24. The first-order valence-corrected chi connectivity index (χ1v) is 8.56. The van der Waals surface area contributed by atoms with Crippen LogP contribution < -0.4 is 5.32 Å². The van der Waals surface area contributed by atoms with Gasteiger partial charge in [-0.3, -0.25) is 4.79 Å². The number of thioether (sulfide) groups is 1. The lowest BCUT2D eigenvalue weighted by Crippen LogP contribution is -2.35. The van der Waals surface area contributed by atoms with Gasteiger partial charge < -0.3 is 15.5 Å². The average molecular weight is 289 g/mol. The van der Waals surface area contributed by atoms with Gasteiger partial charge in [-0.25, -0.2) is 0 Å². The highest BCUT2D eigenvalue weighted by atomic mass is 32.2. The maximum Gasteiger partial charge on any atom is 0.251 e. The molecule has 3 atom stereocenters. The molecule has 1 rings (SSSR count). The lowest BCUT2D eigenvalue weighted by Gasteiger charge is -2.14. The number of aliphatic hydroxyl groups excluding tert-OH is 2. The van der Waals surface area contributed by atoms with E-state index in [1.165, 1.54) is 44.9 Å². The molecular formula is C14H27NO3S. The largest absolute Gasteiger partial charge is 0.388 e. The Bertz CT molecular complexity index is 263. The van der Waals surface area contributed by atoms with Crippen molar-refractivity contribution in [2.45, 2.75) is 70.1 Å². The van der Waals surface area contributed by atoms with Crippen molar-refractivity contribution in [3.8, 4) is 0 Å². The summed E-state index contributed by atoms with van der Waals surface area (Å²) in [5.41, 5.74) is 0. The second kappa shape index (κ2) is 9.61. The molecule has 0 aromatic heterocycles. The third-order valence-corrected chi connectivity index (χ3v) is 4.69. The Hall–Kier alpha value is -0.260. The topological polar surface area (TPSA) is 69.6 Å². The minimum absolute atomic E-state index is 0.294. The van der Waals surface area contributed by atoms with Gasteiger partial charge in [0.05, 0.1) is 6.04 Å². The van der Waals surface area contributed by atoms with E-state index in [2.05, 4.69) is 12.2 Å². The second-order valence-corrected chi connectivity index (χ2v) is 6.40. The number of hydrogen-bond donors (Lipinski definition) is 3. The molecule has 0 bridgehead atoms. The normalized spacial score (nSPS) is 26.7. The highest BCUT2D eigenvalue weighted by Gasteiger charge is 2.39. The van der Waals surface area contributed by atoms with E-state index in [0.717, 1.165) is 5.75 Å². The van der Waals surface area contributed by atoms with Crippen molar-refractivity contribution in [1.82, 2.24) is 5.32 Å². The molecule has 0 radical (unpaired) electrons. The third-order valence-electron chi connectivity index (χ3n) is 3.52. The fourth-order valence-corrected chi connectivity index (χ4v) is 3.35. The second-order valence-electron chi connectivity index (χ2n) is 5.25. The number of nitrogens with one attached hydrogen (secondary N) is 1. The van der Waals surface area contributed by atoms with Crippen LogP contribution in [0.4, 0.5) is 0 Å². The summed E-state index contributed by atoms with van der Waals surface area (Å²) in [4.78, 5) is 11.1. The lowest BCUT2D eigenvalue weighted by molar-refractivity contribution is -0.128. The van der Waals surface area contributed by atoms with Gasteiger partial charge in [0.1, 0.15) is 6.10 Å². The number of carbonyl (C=O) groups is 1. The molecule has 19 heavy (non-hydrogen) atoms. The van der Waals surface area contributed by atoms with Crippen LogP contribution in [0.1, 0.15) is 51.9 Å². The van der Waals surface area contributed by atoms with Crippen LogP contribution in [0.3, 0.4) is 0 Å². The zero-order valence-electron chi connectivity index (χ0n) is 11.8. The molecule has 1 aliphatic heterocycles. The van der Waals surface area contributed by atoms with Crippen molar-refractivity contribution in [3.05, 3.63) is 0 Å². The maximum atomic E-state index is 11.1. The van der Waals surface area contributed by atoms with Crippen LogP contribution in [0.25, 0.3) is 0 Å². The van der Waals surface area contributed by atoms with Gasteiger partial charge in [-0.1, -0.05) is 45.4 Å². The van der Waals surface area contributed by atoms with Gasteiger partial charge >= 0.3 is 0 Å². The van der Waals surface area contributed by atoms with E-state index in [4.69, 9.17) is 0 Å². The zero-order chi connectivity index (χ0) is 14.1. The van der Waals surface area contributed by atoms with E-state index in [0.29, 0.717) is 5.75 Å². The number of carbonyl (C=O) groups excluding carboxylic acids is 1. The summed E-state index contributed by atoms with van der Waals surface area (Å²) in [6, 6.07) is -0.294. The van der Waals surface area contributed by atoms with Crippen molar-refractivity contribution >= 4 is 17.7 Å². The van der Waals surface area contributed by atoms with Gasteiger partial charge in [0.15, 0.2) is 6.10 Å². The summed E-state index contributed by atoms with van der Waals surface area (Å²) < 4.78 is 0. The first-order chi connectivity index (χ1) is 9.16. The van der Waals surface area contributed by atoms with Gasteiger partial charge in [0, 0.05) is 5.75 Å². The summed E-state index contributed by atoms with van der Waals surface area (Å²) in [6.45, 7) is 2.23. The predicted octanol–water partition coefficient (Wildman–Crippen LogP) is 1.69. The molecule has 5 heteroatoms. The average Bonchev–Trinajstić information content (AvgIpc) is 2.64. The highest BCUT2D eigenvalue weighted by molar-refractivity contribution is 7.99. The van der Waals surface area contributed by atoms with Crippen molar-refractivity contribution in [3.63, 3.8) is 0 Å². The van der Waals surface area contributed by atoms with E-state index >= 15 is 0 Å². The monoisotopic (exact) mass is 289 g/mol.